The van der Waals surface area contributed by atoms with Crippen LogP contribution in [0.1, 0.15) is 31.9 Å². The molecule has 2 aromatic rings. The molecule has 1 aromatic heterocycles. The van der Waals surface area contributed by atoms with E-state index in [2.05, 4.69) is 30.7 Å². The number of aromatic nitrogens is 1. The molecule has 0 saturated heterocycles. The number of aliphatic carboxylic acids is 2. The van der Waals surface area contributed by atoms with Gasteiger partial charge >= 0.3 is 11.9 Å². The van der Waals surface area contributed by atoms with E-state index in [-0.39, 0.29) is 11.5 Å². The van der Waals surface area contributed by atoms with Gasteiger partial charge in [-0.25, -0.2) is 9.59 Å². The average molecular weight is 421 g/mol. The van der Waals surface area contributed by atoms with Crippen molar-refractivity contribution < 1.29 is 24.5 Å². The average Bonchev–Trinajstić information content (AvgIpc) is 3.12. The zero-order valence-corrected chi connectivity index (χ0v) is 17.5. The molecule has 3 rings (SSSR count). The van der Waals surface area contributed by atoms with Crippen molar-refractivity contribution in [3.63, 3.8) is 0 Å². The highest BCUT2D eigenvalue weighted by atomic mass is 35.5. The number of hydrogen-bond acceptors (Lipinski definition) is 4. The molecule has 0 amide bonds. The number of ether oxygens (including phenoxy) is 1. The van der Waals surface area contributed by atoms with Crippen molar-refractivity contribution in [2.45, 2.75) is 38.8 Å². The number of carboxylic acids is 2. The summed E-state index contributed by atoms with van der Waals surface area (Å²) >= 11 is 6.32. The van der Waals surface area contributed by atoms with E-state index in [4.69, 9.17) is 32.3 Å². The van der Waals surface area contributed by atoms with Crippen LogP contribution in [0, 0.1) is 0 Å². The van der Waals surface area contributed by atoms with Crippen LogP contribution in [-0.2, 0) is 21.5 Å². The molecule has 0 fully saturated rings. The Hall–Kier alpha value is -2.77. The van der Waals surface area contributed by atoms with Gasteiger partial charge in [0.15, 0.2) is 0 Å². The maximum Gasteiger partial charge on any atom is 0.328 e. The first-order chi connectivity index (χ1) is 13.5. The molecule has 156 valence electrons. The number of halogens is 1. The van der Waals surface area contributed by atoms with E-state index in [1.807, 2.05) is 19.1 Å². The first-order valence-corrected chi connectivity index (χ1v) is 9.34. The second-order valence-electron chi connectivity index (χ2n) is 7.37. The molecule has 1 aromatic carbocycles. The molecule has 0 aliphatic heterocycles. The largest absolute Gasteiger partial charge is 0.495 e. The maximum atomic E-state index is 9.55. The number of methoxy groups -OCH3 is 1. The summed E-state index contributed by atoms with van der Waals surface area (Å²) in [5.74, 6) is -1.80. The lowest BCUT2D eigenvalue weighted by molar-refractivity contribution is -0.134. The van der Waals surface area contributed by atoms with Crippen LogP contribution in [0.2, 0.25) is 5.02 Å². The van der Waals surface area contributed by atoms with Gasteiger partial charge in [0.25, 0.3) is 0 Å². The lowest BCUT2D eigenvalue weighted by atomic mass is 9.83. The van der Waals surface area contributed by atoms with E-state index in [1.165, 1.54) is 22.4 Å². The third-order valence-electron chi connectivity index (χ3n) is 4.71. The van der Waals surface area contributed by atoms with E-state index in [1.54, 1.807) is 7.11 Å². The maximum absolute atomic E-state index is 9.55. The van der Waals surface area contributed by atoms with Crippen LogP contribution < -0.4 is 10.5 Å². The van der Waals surface area contributed by atoms with Gasteiger partial charge in [-0.1, -0.05) is 25.4 Å². The summed E-state index contributed by atoms with van der Waals surface area (Å²) in [5, 5.41) is 16.3. The molecule has 0 radical (unpaired) electrons. The number of nitrogens with two attached hydrogens (primary N) is 1. The van der Waals surface area contributed by atoms with Gasteiger partial charge in [-0.2, -0.15) is 0 Å². The lowest BCUT2D eigenvalue weighted by Gasteiger charge is -2.20. The number of nitrogens with zero attached hydrogens (tertiary/aromatic N) is 1. The van der Waals surface area contributed by atoms with Crippen LogP contribution in [-0.4, -0.2) is 39.9 Å². The number of carbonyl (C=O) groups is 2. The van der Waals surface area contributed by atoms with Crippen LogP contribution in [0.4, 0.5) is 0 Å². The Labute approximate surface area is 174 Å². The smallest absolute Gasteiger partial charge is 0.328 e. The minimum absolute atomic E-state index is 0.0519. The molecule has 0 spiro atoms. The monoisotopic (exact) mass is 420 g/mol. The Morgan fingerprint density at radius 3 is 2.31 bits per heavy atom. The van der Waals surface area contributed by atoms with Crippen molar-refractivity contribution in [2.75, 3.05) is 7.11 Å². The molecule has 0 saturated carbocycles. The molecular weight excluding hydrogens is 396 g/mol. The molecule has 29 heavy (non-hydrogen) atoms. The van der Waals surface area contributed by atoms with Crippen molar-refractivity contribution in [2.24, 2.45) is 5.73 Å². The van der Waals surface area contributed by atoms with Crippen LogP contribution in [0.3, 0.4) is 0 Å². The van der Waals surface area contributed by atoms with Gasteiger partial charge < -0.3 is 25.3 Å². The third-order valence-corrected chi connectivity index (χ3v) is 5.01. The quantitative estimate of drug-likeness (QED) is 0.637. The Morgan fingerprint density at radius 1 is 1.24 bits per heavy atom. The number of rotatable bonds is 5. The summed E-state index contributed by atoms with van der Waals surface area (Å²) < 4.78 is 7.62. The van der Waals surface area contributed by atoms with Gasteiger partial charge in [0.05, 0.1) is 17.8 Å². The van der Waals surface area contributed by atoms with Crippen LogP contribution in [0.25, 0.3) is 11.3 Å². The zero-order chi connectivity index (χ0) is 21.9. The summed E-state index contributed by atoms with van der Waals surface area (Å²) in [7, 11) is 1.65. The summed E-state index contributed by atoms with van der Waals surface area (Å²) in [6, 6.07) is 6.38. The first kappa shape index (κ1) is 22.5. The summed E-state index contributed by atoms with van der Waals surface area (Å²) in [5.41, 5.74) is 10.9. The standard InChI is InChI=1S/C17H21ClN2O.C4H4O4/c1-10(19)9-20-6-5-12-16(20)11-7-15(21-4)14(18)8-13(11)17(12,2)3;5-3(6)1-2-4(7)8/h5-8,10H,9,19H2,1-4H3;1-2H,(H,5,6)(H,7,8)/t10-;/m0./s1. The molecule has 1 aliphatic rings. The summed E-state index contributed by atoms with van der Waals surface area (Å²) in [6.07, 6.45) is 3.24. The number of carboxylic acid groups (broad SMARTS) is 2. The third kappa shape index (κ3) is 4.81. The van der Waals surface area contributed by atoms with Crippen molar-refractivity contribution in [3.05, 3.63) is 52.7 Å². The number of hydrogen-bond donors (Lipinski definition) is 3. The minimum Gasteiger partial charge on any atom is -0.495 e. The Balaban J connectivity index is 0.000000321. The molecule has 1 heterocycles. The SMILES string of the molecule is COc1cc2c(cc1Cl)C(C)(C)c1ccn(C[C@H](C)N)c1-2.O=C(O)C=CC(=O)O. The molecule has 1 atom stereocenters. The minimum atomic E-state index is -1.26. The molecule has 0 unspecified atom stereocenters. The van der Waals surface area contributed by atoms with E-state index in [0.717, 1.165) is 6.54 Å². The van der Waals surface area contributed by atoms with Gasteiger partial charge in [0, 0.05) is 41.9 Å². The van der Waals surface area contributed by atoms with Crippen molar-refractivity contribution in [1.82, 2.24) is 4.57 Å². The molecule has 7 nitrogen and oxygen atoms in total. The normalized spacial score (nSPS) is 14.6. The Kier molecular flexibility index (Phi) is 6.77. The first-order valence-electron chi connectivity index (χ1n) is 8.96. The summed E-state index contributed by atoms with van der Waals surface area (Å²) in [6.45, 7) is 7.29. The van der Waals surface area contributed by atoms with Gasteiger partial charge in [0.2, 0.25) is 0 Å². The van der Waals surface area contributed by atoms with Crippen LogP contribution >= 0.6 is 11.6 Å². The highest BCUT2D eigenvalue weighted by Gasteiger charge is 2.38. The number of benzene rings is 1. The Bertz CT molecular complexity index is 944. The van der Waals surface area contributed by atoms with E-state index < -0.39 is 11.9 Å². The van der Waals surface area contributed by atoms with E-state index in [0.29, 0.717) is 22.9 Å². The van der Waals surface area contributed by atoms with Crippen molar-refractivity contribution in [1.29, 1.82) is 0 Å². The topological polar surface area (TPSA) is 115 Å². The molecular formula is C21H25ClN2O5. The van der Waals surface area contributed by atoms with Gasteiger partial charge in [-0.05, 0) is 36.2 Å². The van der Waals surface area contributed by atoms with Crippen molar-refractivity contribution >= 4 is 23.5 Å². The van der Waals surface area contributed by atoms with Gasteiger partial charge in [0.1, 0.15) is 5.75 Å². The number of fused-ring (bicyclic) bond motifs is 3. The highest BCUT2D eigenvalue weighted by Crippen LogP contribution is 2.51. The predicted molar refractivity (Wildman–Crippen MR) is 112 cm³/mol. The fourth-order valence-electron chi connectivity index (χ4n) is 3.45. The zero-order valence-electron chi connectivity index (χ0n) is 16.8. The lowest BCUT2D eigenvalue weighted by Crippen LogP contribution is -2.22. The molecule has 8 heteroatoms. The molecule has 4 N–H and O–H groups in total. The van der Waals surface area contributed by atoms with Gasteiger partial charge in [-0.15, -0.1) is 0 Å². The highest BCUT2D eigenvalue weighted by molar-refractivity contribution is 6.32. The van der Waals surface area contributed by atoms with Crippen molar-refractivity contribution in [3.8, 4) is 17.0 Å². The van der Waals surface area contributed by atoms with Crippen LogP contribution in [0.5, 0.6) is 5.75 Å². The fraction of sp³-hybridized carbons (Fsp3) is 0.333. The van der Waals surface area contributed by atoms with Crippen LogP contribution in [0.15, 0.2) is 36.5 Å². The fourth-order valence-corrected chi connectivity index (χ4v) is 3.69. The molecule has 1 aliphatic carbocycles. The van der Waals surface area contributed by atoms with Gasteiger partial charge in [-0.3, -0.25) is 0 Å². The van der Waals surface area contributed by atoms with E-state index in [9.17, 15) is 9.59 Å². The predicted octanol–water partition coefficient (Wildman–Crippen LogP) is 3.52. The second-order valence-corrected chi connectivity index (χ2v) is 7.78. The Morgan fingerprint density at radius 2 is 1.83 bits per heavy atom. The molecule has 0 bridgehead atoms. The van der Waals surface area contributed by atoms with E-state index >= 15 is 0 Å². The summed E-state index contributed by atoms with van der Waals surface area (Å²) in [4.78, 5) is 19.1. The second kappa shape index (κ2) is 8.71.